The van der Waals surface area contributed by atoms with Crippen LogP contribution in [0.4, 0.5) is 0 Å². The molecule has 0 spiro atoms. The van der Waals surface area contributed by atoms with E-state index in [1.807, 2.05) is 18.2 Å². The van der Waals surface area contributed by atoms with Gasteiger partial charge >= 0.3 is 0 Å². The highest BCUT2D eigenvalue weighted by Gasteiger charge is 2.36. The minimum Gasteiger partial charge on any atom is -0.311 e. The topological polar surface area (TPSA) is 42.0 Å². The predicted molar refractivity (Wildman–Crippen MR) is 70.2 cm³/mol. The number of fused-ring (bicyclic) bond motifs is 2. The van der Waals surface area contributed by atoms with Crippen molar-refractivity contribution in [2.45, 2.75) is 50.6 Å². The molecule has 18 heavy (non-hydrogen) atoms. The number of ketones is 1. The molecule has 0 aliphatic carbocycles. The maximum absolute atomic E-state index is 12.2. The van der Waals surface area contributed by atoms with Gasteiger partial charge in [-0.15, -0.1) is 0 Å². The molecule has 0 saturated carbocycles. The Kier molecular flexibility index (Phi) is 3.41. The Hall–Kier alpha value is -1.22. The molecule has 2 unspecified atom stereocenters. The molecule has 0 aromatic carbocycles. The number of nitrogens with zero attached hydrogens (tertiary/aromatic N) is 1. The van der Waals surface area contributed by atoms with E-state index in [1.54, 1.807) is 6.20 Å². The molecule has 3 heterocycles. The van der Waals surface area contributed by atoms with Crippen molar-refractivity contribution in [2.75, 3.05) is 0 Å². The molecule has 96 valence electrons. The second-order valence-electron chi connectivity index (χ2n) is 5.59. The van der Waals surface area contributed by atoms with E-state index in [-0.39, 0.29) is 0 Å². The van der Waals surface area contributed by atoms with Crippen molar-refractivity contribution in [3.05, 3.63) is 30.1 Å². The average molecular weight is 244 g/mol. The SMILES string of the molecule is O=C(CCc1ccccn1)C1CC2CCC(C1)N2. The molecular formula is C15H20N2O. The van der Waals surface area contributed by atoms with Crippen molar-refractivity contribution in [2.24, 2.45) is 5.92 Å². The zero-order chi connectivity index (χ0) is 12.4. The van der Waals surface area contributed by atoms with Crippen LogP contribution in [-0.2, 0) is 11.2 Å². The van der Waals surface area contributed by atoms with Crippen LogP contribution in [0, 0.1) is 5.92 Å². The number of aryl methyl sites for hydroxylation is 1. The number of carbonyl (C=O) groups is 1. The van der Waals surface area contributed by atoms with Gasteiger partial charge < -0.3 is 5.32 Å². The number of piperidine rings is 1. The highest BCUT2D eigenvalue weighted by Crippen LogP contribution is 2.32. The predicted octanol–water partition coefficient (Wildman–Crippen LogP) is 2.11. The van der Waals surface area contributed by atoms with Gasteiger partial charge in [-0.05, 0) is 44.2 Å². The normalized spacial score (nSPS) is 30.3. The van der Waals surface area contributed by atoms with E-state index in [0.717, 1.165) is 25.0 Å². The first-order chi connectivity index (χ1) is 8.81. The number of pyridine rings is 1. The van der Waals surface area contributed by atoms with Crippen LogP contribution in [0.3, 0.4) is 0 Å². The third kappa shape index (κ3) is 2.61. The van der Waals surface area contributed by atoms with E-state index >= 15 is 0 Å². The molecular weight excluding hydrogens is 224 g/mol. The molecule has 3 heteroatoms. The molecule has 2 saturated heterocycles. The van der Waals surface area contributed by atoms with Gasteiger partial charge in [-0.3, -0.25) is 9.78 Å². The molecule has 2 atom stereocenters. The fourth-order valence-electron chi connectivity index (χ4n) is 3.32. The summed E-state index contributed by atoms with van der Waals surface area (Å²) < 4.78 is 0. The largest absolute Gasteiger partial charge is 0.311 e. The standard InChI is InChI=1S/C15H20N2O/c18-15(7-6-12-3-1-2-8-16-12)11-9-13-4-5-14(10-11)17-13/h1-3,8,11,13-14,17H,4-7,9-10H2. The summed E-state index contributed by atoms with van der Waals surface area (Å²) in [6, 6.07) is 7.10. The van der Waals surface area contributed by atoms with E-state index < -0.39 is 0 Å². The van der Waals surface area contributed by atoms with Crippen molar-refractivity contribution in [1.82, 2.24) is 10.3 Å². The van der Waals surface area contributed by atoms with Crippen LogP contribution in [-0.4, -0.2) is 22.9 Å². The van der Waals surface area contributed by atoms with E-state index in [1.165, 1.54) is 12.8 Å². The van der Waals surface area contributed by atoms with Crippen LogP contribution < -0.4 is 5.32 Å². The summed E-state index contributed by atoms with van der Waals surface area (Å²) in [5, 5.41) is 3.58. The third-order valence-corrected chi connectivity index (χ3v) is 4.28. The van der Waals surface area contributed by atoms with Gasteiger partial charge in [0.2, 0.25) is 0 Å². The lowest BCUT2D eigenvalue weighted by molar-refractivity contribution is -0.124. The van der Waals surface area contributed by atoms with Gasteiger partial charge in [-0.25, -0.2) is 0 Å². The second kappa shape index (κ2) is 5.19. The lowest BCUT2D eigenvalue weighted by Gasteiger charge is -2.28. The monoisotopic (exact) mass is 244 g/mol. The first-order valence-corrected chi connectivity index (χ1v) is 7.00. The fourth-order valence-corrected chi connectivity index (χ4v) is 3.32. The number of hydrogen-bond donors (Lipinski definition) is 1. The lowest BCUT2D eigenvalue weighted by atomic mass is 9.87. The quantitative estimate of drug-likeness (QED) is 0.882. The van der Waals surface area contributed by atoms with E-state index in [2.05, 4.69) is 10.3 Å². The van der Waals surface area contributed by atoms with E-state index in [4.69, 9.17) is 0 Å². The van der Waals surface area contributed by atoms with Crippen molar-refractivity contribution in [3.63, 3.8) is 0 Å². The summed E-state index contributed by atoms with van der Waals surface area (Å²) in [6.45, 7) is 0. The molecule has 1 N–H and O–H groups in total. The van der Waals surface area contributed by atoms with Gasteiger partial charge in [0.05, 0.1) is 0 Å². The molecule has 0 radical (unpaired) electrons. The molecule has 1 aromatic rings. The summed E-state index contributed by atoms with van der Waals surface area (Å²) in [6.07, 6.45) is 7.86. The number of rotatable bonds is 4. The van der Waals surface area contributed by atoms with Gasteiger partial charge in [0, 0.05) is 36.3 Å². The average Bonchev–Trinajstić information content (AvgIpc) is 2.76. The molecule has 2 bridgehead atoms. The van der Waals surface area contributed by atoms with Gasteiger partial charge in [0.1, 0.15) is 5.78 Å². The molecule has 3 nitrogen and oxygen atoms in total. The van der Waals surface area contributed by atoms with Crippen LogP contribution in [0.15, 0.2) is 24.4 Å². The molecule has 2 aliphatic rings. The summed E-state index contributed by atoms with van der Waals surface area (Å²) in [7, 11) is 0. The second-order valence-corrected chi connectivity index (χ2v) is 5.59. The Labute approximate surface area is 108 Å². The summed E-state index contributed by atoms with van der Waals surface area (Å²) in [5.41, 5.74) is 1.03. The lowest BCUT2D eigenvalue weighted by Crippen LogP contribution is -2.40. The number of hydrogen-bond acceptors (Lipinski definition) is 3. The minimum absolute atomic E-state index is 0.299. The van der Waals surface area contributed by atoms with Crippen LogP contribution in [0.2, 0.25) is 0 Å². The zero-order valence-electron chi connectivity index (χ0n) is 10.6. The van der Waals surface area contributed by atoms with Crippen molar-refractivity contribution in [1.29, 1.82) is 0 Å². The molecule has 0 amide bonds. The Balaban J connectivity index is 1.53. The smallest absolute Gasteiger partial charge is 0.136 e. The number of nitrogens with one attached hydrogen (secondary N) is 1. The van der Waals surface area contributed by atoms with E-state index in [0.29, 0.717) is 30.2 Å². The molecule has 3 rings (SSSR count). The Morgan fingerprint density at radius 3 is 2.72 bits per heavy atom. The highest BCUT2D eigenvalue weighted by molar-refractivity contribution is 5.81. The van der Waals surface area contributed by atoms with Crippen molar-refractivity contribution < 1.29 is 4.79 Å². The van der Waals surface area contributed by atoms with Crippen molar-refractivity contribution in [3.8, 4) is 0 Å². The van der Waals surface area contributed by atoms with Crippen molar-refractivity contribution >= 4 is 5.78 Å². The Morgan fingerprint density at radius 2 is 2.06 bits per heavy atom. The van der Waals surface area contributed by atoms with Crippen LogP contribution >= 0.6 is 0 Å². The van der Waals surface area contributed by atoms with Gasteiger partial charge in [-0.2, -0.15) is 0 Å². The summed E-state index contributed by atoms with van der Waals surface area (Å²) in [5.74, 6) is 0.742. The maximum Gasteiger partial charge on any atom is 0.136 e. The maximum atomic E-state index is 12.2. The van der Waals surface area contributed by atoms with Crippen LogP contribution in [0.5, 0.6) is 0 Å². The van der Waals surface area contributed by atoms with Crippen LogP contribution in [0.25, 0.3) is 0 Å². The Bertz CT molecular complexity index is 406. The van der Waals surface area contributed by atoms with Gasteiger partial charge in [-0.1, -0.05) is 6.07 Å². The first kappa shape index (κ1) is 11.8. The zero-order valence-corrected chi connectivity index (χ0v) is 10.6. The molecule has 2 aliphatic heterocycles. The third-order valence-electron chi connectivity index (χ3n) is 4.28. The number of Topliss-reactive ketones (excluding diaryl/α,β-unsaturated/α-hetero) is 1. The van der Waals surface area contributed by atoms with Gasteiger partial charge in [0.25, 0.3) is 0 Å². The van der Waals surface area contributed by atoms with E-state index in [9.17, 15) is 4.79 Å². The molecule has 2 fully saturated rings. The first-order valence-electron chi connectivity index (χ1n) is 7.00. The highest BCUT2D eigenvalue weighted by atomic mass is 16.1. The van der Waals surface area contributed by atoms with Gasteiger partial charge in [0.15, 0.2) is 0 Å². The fraction of sp³-hybridized carbons (Fsp3) is 0.600. The number of aromatic nitrogens is 1. The minimum atomic E-state index is 0.299. The number of carbonyl (C=O) groups excluding carboxylic acids is 1. The van der Waals surface area contributed by atoms with Crippen LogP contribution in [0.1, 0.15) is 37.8 Å². The summed E-state index contributed by atoms with van der Waals surface area (Å²) >= 11 is 0. The molecule has 1 aromatic heterocycles. The Morgan fingerprint density at radius 1 is 1.28 bits per heavy atom. The summed E-state index contributed by atoms with van der Waals surface area (Å²) in [4.78, 5) is 16.5.